The van der Waals surface area contributed by atoms with E-state index in [-0.39, 0.29) is 11.6 Å². The normalized spacial score (nSPS) is 25.6. The molecule has 0 bridgehead atoms. The minimum atomic E-state index is -0.658. The number of hydrogen-bond donors (Lipinski definition) is 0. The molecule has 1 saturated heterocycles. The van der Waals surface area contributed by atoms with E-state index in [2.05, 4.69) is 6.92 Å². The van der Waals surface area contributed by atoms with Crippen LogP contribution in [0, 0.1) is 0 Å². The van der Waals surface area contributed by atoms with E-state index in [4.69, 9.17) is 9.47 Å². The lowest BCUT2D eigenvalue weighted by Crippen LogP contribution is -2.33. The first-order chi connectivity index (χ1) is 8.00. The van der Waals surface area contributed by atoms with Crippen LogP contribution in [0.1, 0.15) is 66.2 Å². The Bertz CT molecular complexity index is 260. The van der Waals surface area contributed by atoms with Crippen molar-refractivity contribution in [1.29, 1.82) is 0 Å². The van der Waals surface area contributed by atoms with E-state index >= 15 is 0 Å². The monoisotopic (exact) mass is 242 g/mol. The average molecular weight is 242 g/mol. The zero-order valence-electron chi connectivity index (χ0n) is 11.7. The minimum Gasteiger partial charge on any atom is -0.464 e. The molecule has 17 heavy (non-hydrogen) atoms. The SMILES string of the molecule is CCCCCCC[C@@]1(C(=O)OCC)OC1(C)C. The summed E-state index contributed by atoms with van der Waals surface area (Å²) < 4.78 is 10.8. The Morgan fingerprint density at radius 1 is 1.12 bits per heavy atom. The van der Waals surface area contributed by atoms with Crippen molar-refractivity contribution in [3.63, 3.8) is 0 Å². The van der Waals surface area contributed by atoms with Crippen LogP contribution in [0.5, 0.6) is 0 Å². The molecule has 0 aromatic heterocycles. The largest absolute Gasteiger partial charge is 0.464 e. The molecule has 3 nitrogen and oxygen atoms in total. The molecular formula is C14H26O3. The highest BCUT2D eigenvalue weighted by Crippen LogP contribution is 2.51. The molecule has 0 amide bonds. The van der Waals surface area contributed by atoms with Gasteiger partial charge in [-0.2, -0.15) is 0 Å². The molecule has 0 spiro atoms. The van der Waals surface area contributed by atoms with Gasteiger partial charge in [0.25, 0.3) is 0 Å². The van der Waals surface area contributed by atoms with Crippen molar-refractivity contribution in [1.82, 2.24) is 0 Å². The molecule has 100 valence electrons. The van der Waals surface area contributed by atoms with Crippen LogP contribution in [0.4, 0.5) is 0 Å². The Kier molecular flexibility index (Phi) is 4.99. The van der Waals surface area contributed by atoms with Gasteiger partial charge in [-0.1, -0.05) is 32.6 Å². The number of esters is 1. The number of unbranched alkanes of at least 4 members (excludes halogenated alkanes) is 4. The number of carbonyl (C=O) groups is 1. The summed E-state index contributed by atoms with van der Waals surface area (Å²) in [7, 11) is 0. The van der Waals surface area contributed by atoms with Crippen LogP contribution in [0.15, 0.2) is 0 Å². The van der Waals surface area contributed by atoms with E-state index in [1.165, 1.54) is 25.7 Å². The lowest BCUT2D eigenvalue weighted by molar-refractivity contribution is -0.149. The smallest absolute Gasteiger partial charge is 0.341 e. The second-order valence-corrected chi connectivity index (χ2v) is 5.32. The molecule has 0 aromatic carbocycles. The van der Waals surface area contributed by atoms with Crippen molar-refractivity contribution >= 4 is 5.97 Å². The first-order valence-electron chi connectivity index (χ1n) is 6.87. The van der Waals surface area contributed by atoms with Crippen LogP contribution in [0.3, 0.4) is 0 Å². The quantitative estimate of drug-likeness (QED) is 0.372. The molecule has 1 aliphatic heterocycles. The van der Waals surface area contributed by atoms with Gasteiger partial charge in [0.2, 0.25) is 0 Å². The second kappa shape index (κ2) is 5.85. The molecule has 0 saturated carbocycles. The Labute approximate surface area is 105 Å². The van der Waals surface area contributed by atoms with Crippen molar-refractivity contribution in [2.75, 3.05) is 6.61 Å². The molecule has 0 aromatic rings. The molecule has 1 atom stereocenters. The van der Waals surface area contributed by atoms with Gasteiger partial charge in [0.15, 0.2) is 5.60 Å². The first kappa shape index (κ1) is 14.5. The molecule has 3 heteroatoms. The number of ether oxygens (including phenoxy) is 2. The summed E-state index contributed by atoms with van der Waals surface area (Å²) >= 11 is 0. The highest BCUT2D eigenvalue weighted by atomic mass is 16.7. The Hall–Kier alpha value is -0.570. The summed E-state index contributed by atoms with van der Waals surface area (Å²) in [5.41, 5.74) is -1.00. The molecule has 1 fully saturated rings. The summed E-state index contributed by atoms with van der Waals surface area (Å²) in [5.74, 6) is -0.180. The fraction of sp³-hybridized carbons (Fsp3) is 0.929. The summed E-state index contributed by atoms with van der Waals surface area (Å²) in [6.07, 6.45) is 6.77. The van der Waals surface area contributed by atoms with Gasteiger partial charge in [0.1, 0.15) is 5.60 Å². The Balaban J connectivity index is 2.38. The fourth-order valence-electron chi connectivity index (χ4n) is 2.38. The topological polar surface area (TPSA) is 38.8 Å². The van der Waals surface area contributed by atoms with Crippen LogP contribution >= 0.6 is 0 Å². The van der Waals surface area contributed by atoms with E-state index in [0.717, 1.165) is 12.8 Å². The van der Waals surface area contributed by atoms with Gasteiger partial charge in [-0.3, -0.25) is 0 Å². The van der Waals surface area contributed by atoms with Gasteiger partial charge >= 0.3 is 5.97 Å². The maximum atomic E-state index is 11.9. The van der Waals surface area contributed by atoms with Gasteiger partial charge in [-0.15, -0.1) is 0 Å². The van der Waals surface area contributed by atoms with Crippen molar-refractivity contribution in [3.8, 4) is 0 Å². The predicted molar refractivity (Wildman–Crippen MR) is 67.9 cm³/mol. The lowest BCUT2D eigenvalue weighted by Gasteiger charge is -2.13. The Morgan fingerprint density at radius 2 is 1.71 bits per heavy atom. The van der Waals surface area contributed by atoms with Crippen molar-refractivity contribution in [2.45, 2.75) is 77.4 Å². The summed E-state index contributed by atoms with van der Waals surface area (Å²) in [5, 5.41) is 0. The standard InChI is InChI=1S/C14H26O3/c1-5-7-8-9-10-11-14(12(15)16-6-2)13(3,4)17-14/h5-11H2,1-4H3/t14-/m0/s1. The van der Waals surface area contributed by atoms with Crippen molar-refractivity contribution < 1.29 is 14.3 Å². The van der Waals surface area contributed by atoms with Gasteiger partial charge in [0, 0.05) is 0 Å². The number of rotatable bonds is 8. The van der Waals surface area contributed by atoms with Crippen molar-refractivity contribution in [2.24, 2.45) is 0 Å². The van der Waals surface area contributed by atoms with Gasteiger partial charge in [-0.25, -0.2) is 4.79 Å². The van der Waals surface area contributed by atoms with E-state index in [1.54, 1.807) is 0 Å². The van der Waals surface area contributed by atoms with Gasteiger partial charge in [-0.05, 0) is 33.6 Å². The third-order valence-electron chi connectivity index (χ3n) is 3.60. The van der Waals surface area contributed by atoms with E-state index in [0.29, 0.717) is 6.61 Å². The maximum absolute atomic E-state index is 11.9. The highest BCUT2D eigenvalue weighted by molar-refractivity contribution is 5.84. The number of epoxide rings is 1. The zero-order valence-corrected chi connectivity index (χ0v) is 11.7. The van der Waals surface area contributed by atoms with E-state index in [9.17, 15) is 4.79 Å². The lowest BCUT2D eigenvalue weighted by atomic mass is 9.90. The summed E-state index contributed by atoms with van der Waals surface area (Å²) in [6.45, 7) is 8.40. The molecule has 0 N–H and O–H groups in total. The summed E-state index contributed by atoms with van der Waals surface area (Å²) in [4.78, 5) is 11.9. The Morgan fingerprint density at radius 3 is 2.18 bits per heavy atom. The maximum Gasteiger partial charge on any atom is 0.341 e. The van der Waals surface area contributed by atoms with Crippen molar-refractivity contribution in [3.05, 3.63) is 0 Å². The second-order valence-electron chi connectivity index (χ2n) is 5.32. The third-order valence-corrected chi connectivity index (χ3v) is 3.60. The molecule has 0 radical (unpaired) electrons. The molecule has 0 aliphatic carbocycles. The highest BCUT2D eigenvalue weighted by Gasteiger charge is 2.69. The van der Waals surface area contributed by atoms with Crippen LogP contribution < -0.4 is 0 Å². The minimum absolute atomic E-state index is 0.180. The fourth-order valence-corrected chi connectivity index (χ4v) is 2.38. The molecule has 1 aliphatic rings. The first-order valence-corrected chi connectivity index (χ1v) is 6.87. The molecule has 1 heterocycles. The zero-order chi connectivity index (χ0) is 12.9. The van der Waals surface area contributed by atoms with Crippen LogP contribution in [-0.2, 0) is 14.3 Å². The van der Waals surface area contributed by atoms with Crippen LogP contribution in [0.25, 0.3) is 0 Å². The van der Waals surface area contributed by atoms with E-state index < -0.39 is 5.60 Å². The number of hydrogen-bond acceptors (Lipinski definition) is 3. The van der Waals surface area contributed by atoms with Crippen LogP contribution in [-0.4, -0.2) is 23.8 Å². The predicted octanol–water partition coefficient (Wildman–Crippen LogP) is 3.46. The summed E-state index contributed by atoms with van der Waals surface area (Å²) in [6, 6.07) is 0. The molecule has 1 rings (SSSR count). The van der Waals surface area contributed by atoms with Gasteiger partial charge in [0.05, 0.1) is 6.61 Å². The molecular weight excluding hydrogens is 216 g/mol. The van der Waals surface area contributed by atoms with E-state index in [1.807, 2.05) is 20.8 Å². The number of carbonyl (C=O) groups excluding carboxylic acids is 1. The third kappa shape index (κ3) is 3.21. The van der Waals surface area contributed by atoms with Gasteiger partial charge < -0.3 is 9.47 Å². The average Bonchev–Trinajstić information content (AvgIpc) is 2.82. The molecule has 0 unspecified atom stereocenters. The van der Waals surface area contributed by atoms with Crippen LogP contribution in [0.2, 0.25) is 0 Å².